The minimum Gasteiger partial charge on any atom is -0.503 e. The van der Waals surface area contributed by atoms with Gasteiger partial charge in [0.2, 0.25) is 5.43 Å². The van der Waals surface area contributed by atoms with Gasteiger partial charge in [-0.1, -0.05) is 0 Å². The molecule has 1 aromatic rings. The number of aromatic hydroxyl groups is 1. The SMILES string of the molecule is CCn1cc(O)c(=O)cc1CN(C)CCC(=O)O. The zero-order chi connectivity index (χ0) is 13.7. The third-order valence-electron chi connectivity index (χ3n) is 2.68. The van der Waals surface area contributed by atoms with Gasteiger partial charge in [0.1, 0.15) is 0 Å². The lowest BCUT2D eigenvalue weighted by atomic mass is 10.3. The van der Waals surface area contributed by atoms with Gasteiger partial charge in [-0.15, -0.1) is 0 Å². The van der Waals surface area contributed by atoms with Crippen LogP contribution in [0.15, 0.2) is 17.1 Å². The summed E-state index contributed by atoms with van der Waals surface area (Å²) in [6, 6.07) is 1.39. The lowest BCUT2D eigenvalue weighted by Gasteiger charge is -2.19. The molecular formula is C12H18N2O4. The molecule has 0 amide bonds. The Balaban J connectivity index is 2.80. The van der Waals surface area contributed by atoms with E-state index in [1.165, 1.54) is 12.3 Å². The number of carbonyl (C=O) groups is 1. The van der Waals surface area contributed by atoms with Crippen molar-refractivity contribution >= 4 is 5.97 Å². The average molecular weight is 254 g/mol. The highest BCUT2D eigenvalue weighted by Crippen LogP contribution is 2.07. The van der Waals surface area contributed by atoms with Crippen LogP contribution >= 0.6 is 0 Å². The monoisotopic (exact) mass is 254 g/mol. The van der Waals surface area contributed by atoms with Crippen molar-refractivity contribution in [1.82, 2.24) is 9.47 Å². The Morgan fingerprint density at radius 3 is 2.72 bits per heavy atom. The maximum absolute atomic E-state index is 11.4. The van der Waals surface area contributed by atoms with Crippen LogP contribution < -0.4 is 5.43 Å². The fourth-order valence-corrected chi connectivity index (χ4v) is 1.68. The van der Waals surface area contributed by atoms with Crippen molar-refractivity contribution in [2.24, 2.45) is 0 Å². The summed E-state index contributed by atoms with van der Waals surface area (Å²) in [7, 11) is 1.79. The summed E-state index contributed by atoms with van der Waals surface area (Å²) in [4.78, 5) is 23.7. The Morgan fingerprint density at radius 2 is 2.17 bits per heavy atom. The second kappa shape index (κ2) is 6.20. The molecule has 0 aliphatic rings. The van der Waals surface area contributed by atoms with Gasteiger partial charge in [0.25, 0.3) is 0 Å². The number of aryl methyl sites for hydroxylation is 1. The number of nitrogens with zero attached hydrogens (tertiary/aromatic N) is 2. The zero-order valence-electron chi connectivity index (χ0n) is 10.6. The van der Waals surface area contributed by atoms with Gasteiger partial charge in [-0.05, 0) is 14.0 Å². The van der Waals surface area contributed by atoms with Crippen LogP contribution in [0.1, 0.15) is 19.0 Å². The molecule has 100 valence electrons. The quantitative estimate of drug-likeness (QED) is 0.771. The van der Waals surface area contributed by atoms with E-state index in [4.69, 9.17) is 5.11 Å². The molecule has 0 spiro atoms. The highest BCUT2D eigenvalue weighted by Gasteiger charge is 2.08. The van der Waals surface area contributed by atoms with E-state index in [0.29, 0.717) is 19.6 Å². The Bertz CT molecular complexity index is 481. The first-order valence-electron chi connectivity index (χ1n) is 5.76. The zero-order valence-corrected chi connectivity index (χ0v) is 10.6. The van der Waals surface area contributed by atoms with Crippen molar-refractivity contribution < 1.29 is 15.0 Å². The predicted molar refractivity (Wildman–Crippen MR) is 66.6 cm³/mol. The average Bonchev–Trinajstić information content (AvgIpc) is 2.31. The van der Waals surface area contributed by atoms with Crippen molar-refractivity contribution in [1.29, 1.82) is 0 Å². The number of hydrogen-bond donors (Lipinski definition) is 2. The van der Waals surface area contributed by atoms with E-state index >= 15 is 0 Å². The Kier molecular flexibility index (Phi) is 4.91. The molecule has 0 aliphatic carbocycles. The van der Waals surface area contributed by atoms with Crippen LogP contribution in [0.3, 0.4) is 0 Å². The maximum Gasteiger partial charge on any atom is 0.304 e. The van der Waals surface area contributed by atoms with Gasteiger partial charge in [-0.25, -0.2) is 0 Å². The lowest BCUT2D eigenvalue weighted by molar-refractivity contribution is -0.137. The number of aliphatic carboxylic acids is 1. The first-order chi connectivity index (χ1) is 8.43. The summed E-state index contributed by atoms with van der Waals surface area (Å²) >= 11 is 0. The topological polar surface area (TPSA) is 82.8 Å². The molecule has 0 radical (unpaired) electrons. The molecule has 2 N–H and O–H groups in total. The highest BCUT2D eigenvalue weighted by atomic mass is 16.4. The smallest absolute Gasteiger partial charge is 0.304 e. The number of carboxylic acids is 1. The van der Waals surface area contributed by atoms with E-state index in [0.717, 1.165) is 5.69 Å². The molecule has 0 aromatic carbocycles. The number of pyridine rings is 1. The predicted octanol–water partition coefficient (Wildman–Crippen LogP) is 0.480. The molecule has 0 saturated heterocycles. The van der Waals surface area contributed by atoms with Crippen LogP contribution in [0.2, 0.25) is 0 Å². The van der Waals surface area contributed by atoms with Crippen molar-refractivity contribution in [2.45, 2.75) is 26.4 Å². The summed E-state index contributed by atoms with van der Waals surface area (Å²) in [5.41, 5.74) is 0.342. The van der Waals surface area contributed by atoms with Gasteiger partial charge in [0.15, 0.2) is 5.75 Å². The summed E-state index contributed by atoms with van der Waals surface area (Å²) < 4.78 is 1.77. The van der Waals surface area contributed by atoms with Gasteiger partial charge in [-0.3, -0.25) is 9.59 Å². The largest absolute Gasteiger partial charge is 0.503 e. The molecule has 0 bridgehead atoms. The molecule has 1 heterocycles. The molecule has 0 aliphatic heterocycles. The van der Waals surface area contributed by atoms with Gasteiger partial charge in [0.05, 0.1) is 12.6 Å². The van der Waals surface area contributed by atoms with Gasteiger partial charge in [-0.2, -0.15) is 0 Å². The molecule has 1 rings (SSSR count). The molecule has 0 atom stereocenters. The van der Waals surface area contributed by atoms with Crippen LogP contribution in [0, 0.1) is 0 Å². The standard InChI is InChI=1S/C12H18N2O4/c1-3-14-8-11(16)10(15)6-9(14)7-13(2)5-4-12(17)18/h6,8,16H,3-5,7H2,1-2H3,(H,17,18). The second-order valence-electron chi connectivity index (χ2n) is 4.18. The maximum atomic E-state index is 11.4. The number of hydrogen-bond acceptors (Lipinski definition) is 4. The number of rotatable bonds is 6. The third kappa shape index (κ3) is 3.89. The third-order valence-corrected chi connectivity index (χ3v) is 2.68. The molecule has 1 aromatic heterocycles. The van der Waals surface area contributed by atoms with E-state index in [9.17, 15) is 14.7 Å². The van der Waals surface area contributed by atoms with Crippen LogP contribution in [-0.4, -0.2) is 39.2 Å². The fraction of sp³-hybridized carbons (Fsp3) is 0.500. The first kappa shape index (κ1) is 14.2. The van der Waals surface area contributed by atoms with Crippen molar-refractivity contribution in [3.05, 3.63) is 28.2 Å². The Hall–Kier alpha value is -1.82. The summed E-state index contributed by atoms with van der Waals surface area (Å²) in [5, 5.41) is 17.9. The van der Waals surface area contributed by atoms with Gasteiger partial charge < -0.3 is 19.7 Å². The molecule has 0 fully saturated rings. The minimum atomic E-state index is -0.847. The normalized spacial score (nSPS) is 10.8. The fourth-order valence-electron chi connectivity index (χ4n) is 1.68. The molecule has 18 heavy (non-hydrogen) atoms. The molecule has 0 saturated carbocycles. The molecular weight excluding hydrogens is 236 g/mol. The molecule has 0 unspecified atom stereocenters. The Labute approximate surface area is 105 Å². The summed E-state index contributed by atoms with van der Waals surface area (Å²) in [6.45, 7) is 3.42. The van der Waals surface area contributed by atoms with Crippen LogP contribution in [-0.2, 0) is 17.9 Å². The second-order valence-corrected chi connectivity index (χ2v) is 4.18. The van der Waals surface area contributed by atoms with Crippen molar-refractivity contribution in [3.63, 3.8) is 0 Å². The van der Waals surface area contributed by atoms with E-state index in [1.54, 1.807) is 11.6 Å². The summed E-state index contributed by atoms with van der Waals surface area (Å²) in [6.07, 6.45) is 1.47. The lowest BCUT2D eigenvalue weighted by Crippen LogP contribution is -2.24. The summed E-state index contributed by atoms with van der Waals surface area (Å²) in [5.74, 6) is -1.12. The van der Waals surface area contributed by atoms with Crippen LogP contribution in [0.5, 0.6) is 5.75 Å². The van der Waals surface area contributed by atoms with E-state index in [-0.39, 0.29) is 12.2 Å². The van der Waals surface area contributed by atoms with Crippen LogP contribution in [0.25, 0.3) is 0 Å². The highest BCUT2D eigenvalue weighted by molar-refractivity contribution is 5.66. The van der Waals surface area contributed by atoms with Crippen molar-refractivity contribution in [2.75, 3.05) is 13.6 Å². The minimum absolute atomic E-state index is 0.0605. The molecule has 6 nitrogen and oxygen atoms in total. The number of carboxylic acid groups (broad SMARTS) is 1. The van der Waals surface area contributed by atoms with E-state index in [2.05, 4.69) is 0 Å². The first-order valence-corrected chi connectivity index (χ1v) is 5.76. The Morgan fingerprint density at radius 1 is 1.50 bits per heavy atom. The van der Waals surface area contributed by atoms with Gasteiger partial charge >= 0.3 is 5.97 Å². The number of aromatic nitrogens is 1. The van der Waals surface area contributed by atoms with Crippen molar-refractivity contribution in [3.8, 4) is 5.75 Å². The van der Waals surface area contributed by atoms with E-state index < -0.39 is 11.4 Å². The van der Waals surface area contributed by atoms with Crippen LogP contribution in [0.4, 0.5) is 0 Å². The molecule has 6 heteroatoms. The van der Waals surface area contributed by atoms with E-state index in [1.807, 2.05) is 11.8 Å². The van der Waals surface area contributed by atoms with Gasteiger partial charge in [0, 0.05) is 31.4 Å².